The molecule has 2 aromatic heterocycles. The topological polar surface area (TPSA) is 92.0 Å². The quantitative estimate of drug-likeness (QED) is 0.498. The van der Waals surface area contributed by atoms with Crippen molar-refractivity contribution in [2.45, 2.75) is 13.5 Å². The summed E-state index contributed by atoms with van der Waals surface area (Å²) in [5.41, 5.74) is 8.63. The summed E-state index contributed by atoms with van der Waals surface area (Å²) in [5.74, 6) is 1.17. The van der Waals surface area contributed by atoms with Gasteiger partial charge in [-0.2, -0.15) is 0 Å². The number of thiazole rings is 1. The number of hydrogen-bond acceptors (Lipinski definition) is 4. The average molecular weight is 347 g/mol. The van der Waals surface area contributed by atoms with Gasteiger partial charge in [-0.3, -0.25) is 0 Å². The molecular formula is C15H15ClN6S. The normalized spacial score (nSPS) is 11.7. The van der Waals surface area contributed by atoms with Crippen LogP contribution in [-0.2, 0) is 6.54 Å². The highest BCUT2D eigenvalue weighted by Gasteiger charge is 2.07. The number of aryl methyl sites for hydroxylation is 1. The summed E-state index contributed by atoms with van der Waals surface area (Å²) in [6.07, 6.45) is 1.76. The third kappa shape index (κ3) is 4.08. The Hall–Kier alpha value is -2.38. The molecule has 2 heterocycles. The number of imidazole rings is 1. The second kappa shape index (κ2) is 6.80. The largest absolute Gasteiger partial charge is 0.370 e. The van der Waals surface area contributed by atoms with E-state index in [4.69, 9.17) is 17.3 Å². The van der Waals surface area contributed by atoms with Crippen molar-refractivity contribution in [2.75, 3.05) is 5.32 Å². The van der Waals surface area contributed by atoms with Gasteiger partial charge in [-0.25, -0.2) is 15.0 Å². The maximum atomic E-state index is 5.89. The lowest BCUT2D eigenvalue weighted by molar-refractivity contribution is 1.06. The summed E-state index contributed by atoms with van der Waals surface area (Å²) < 4.78 is 0. The van der Waals surface area contributed by atoms with Gasteiger partial charge in [-0.1, -0.05) is 23.7 Å². The Morgan fingerprint density at radius 1 is 1.39 bits per heavy atom. The van der Waals surface area contributed by atoms with Crippen molar-refractivity contribution >= 4 is 34.0 Å². The van der Waals surface area contributed by atoms with E-state index in [2.05, 4.69) is 25.3 Å². The molecule has 4 N–H and O–H groups in total. The van der Waals surface area contributed by atoms with Crippen molar-refractivity contribution < 1.29 is 0 Å². The van der Waals surface area contributed by atoms with Gasteiger partial charge in [0.05, 0.1) is 18.4 Å². The van der Waals surface area contributed by atoms with Crippen LogP contribution in [0.15, 0.2) is 40.8 Å². The second-order valence-corrected chi connectivity index (χ2v) is 6.17. The monoisotopic (exact) mass is 346 g/mol. The number of nitrogens with one attached hydrogen (secondary N) is 2. The number of halogens is 1. The van der Waals surface area contributed by atoms with Crippen LogP contribution in [0.25, 0.3) is 11.4 Å². The van der Waals surface area contributed by atoms with Crippen LogP contribution in [0.1, 0.15) is 11.4 Å². The number of benzene rings is 1. The molecule has 0 spiro atoms. The lowest BCUT2D eigenvalue weighted by Crippen LogP contribution is -2.22. The average Bonchev–Trinajstić information content (AvgIpc) is 3.16. The molecule has 0 fully saturated rings. The molecule has 0 atom stereocenters. The predicted molar refractivity (Wildman–Crippen MR) is 94.8 cm³/mol. The Morgan fingerprint density at radius 2 is 2.17 bits per heavy atom. The molecule has 0 saturated heterocycles. The summed E-state index contributed by atoms with van der Waals surface area (Å²) >= 11 is 7.31. The first-order valence-corrected chi connectivity index (χ1v) is 8.15. The molecule has 8 heteroatoms. The van der Waals surface area contributed by atoms with Crippen LogP contribution >= 0.6 is 22.9 Å². The third-order valence-corrected chi connectivity index (χ3v) is 4.07. The highest BCUT2D eigenvalue weighted by atomic mass is 35.5. The summed E-state index contributed by atoms with van der Waals surface area (Å²) in [6.45, 7) is 2.38. The first-order valence-electron chi connectivity index (χ1n) is 6.89. The van der Waals surface area contributed by atoms with Crippen molar-refractivity contribution in [2.24, 2.45) is 10.7 Å². The number of aromatic amines is 1. The fourth-order valence-corrected chi connectivity index (χ4v) is 2.76. The smallest absolute Gasteiger partial charge is 0.195 e. The number of aliphatic imine (C=N–C) groups is 1. The molecule has 6 nitrogen and oxygen atoms in total. The van der Waals surface area contributed by atoms with Crippen molar-refractivity contribution in [3.05, 3.63) is 52.3 Å². The molecule has 0 aliphatic rings. The highest BCUT2D eigenvalue weighted by Crippen LogP contribution is 2.23. The molecule has 3 rings (SSSR count). The molecule has 23 heavy (non-hydrogen) atoms. The van der Waals surface area contributed by atoms with Crippen molar-refractivity contribution in [1.29, 1.82) is 0 Å². The number of nitrogens with zero attached hydrogens (tertiary/aromatic N) is 3. The standard InChI is InChI=1S/C15H15ClN6S/c1-9-18-7-12(20-9)13-8-23-15(21-13)22-14(17)19-6-10-2-4-11(16)5-3-10/h2-5,7-8H,6H2,1H3,(H,18,20)(H3,17,19,21,22). The van der Waals surface area contributed by atoms with E-state index in [-0.39, 0.29) is 0 Å². The summed E-state index contributed by atoms with van der Waals surface area (Å²) in [5, 5.41) is 6.31. The van der Waals surface area contributed by atoms with Gasteiger partial charge < -0.3 is 16.0 Å². The zero-order valence-corrected chi connectivity index (χ0v) is 13.9. The van der Waals surface area contributed by atoms with Gasteiger partial charge in [0.2, 0.25) is 0 Å². The van der Waals surface area contributed by atoms with E-state index in [9.17, 15) is 0 Å². The molecular weight excluding hydrogens is 332 g/mol. The minimum atomic E-state index is 0.321. The zero-order valence-electron chi connectivity index (χ0n) is 12.4. The molecule has 0 unspecified atom stereocenters. The van der Waals surface area contributed by atoms with Gasteiger partial charge in [-0.15, -0.1) is 11.3 Å². The maximum Gasteiger partial charge on any atom is 0.195 e. The molecule has 3 aromatic rings. The lowest BCUT2D eigenvalue weighted by atomic mass is 10.2. The van der Waals surface area contributed by atoms with Crippen LogP contribution in [0.2, 0.25) is 5.02 Å². The van der Waals surface area contributed by atoms with Crippen molar-refractivity contribution in [1.82, 2.24) is 15.0 Å². The van der Waals surface area contributed by atoms with Gasteiger partial charge in [0.25, 0.3) is 0 Å². The number of nitrogens with two attached hydrogens (primary N) is 1. The minimum absolute atomic E-state index is 0.321. The van der Waals surface area contributed by atoms with E-state index in [0.717, 1.165) is 22.8 Å². The Labute approximate surface area is 142 Å². The Morgan fingerprint density at radius 3 is 2.87 bits per heavy atom. The van der Waals surface area contributed by atoms with Gasteiger partial charge in [-0.05, 0) is 24.6 Å². The van der Waals surface area contributed by atoms with Gasteiger partial charge in [0, 0.05) is 10.4 Å². The zero-order chi connectivity index (χ0) is 16.2. The Kier molecular flexibility index (Phi) is 4.59. The predicted octanol–water partition coefficient (Wildman–Crippen LogP) is 3.42. The number of hydrogen-bond donors (Lipinski definition) is 3. The van der Waals surface area contributed by atoms with E-state index in [1.54, 1.807) is 6.20 Å². The van der Waals surface area contributed by atoms with Crippen LogP contribution in [0.3, 0.4) is 0 Å². The SMILES string of the molecule is Cc1ncc(-c2csc(NC(N)=NCc3ccc(Cl)cc3)n2)[nH]1. The van der Waals surface area contributed by atoms with Crippen LogP contribution in [0.4, 0.5) is 5.13 Å². The van der Waals surface area contributed by atoms with Crippen LogP contribution in [-0.4, -0.2) is 20.9 Å². The lowest BCUT2D eigenvalue weighted by Gasteiger charge is -2.02. The number of anilines is 1. The van der Waals surface area contributed by atoms with Crippen LogP contribution in [0, 0.1) is 6.92 Å². The van der Waals surface area contributed by atoms with Crippen LogP contribution in [0.5, 0.6) is 0 Å². The number of aromatic nitrogens is 3. The second-order valence-electron chi connectivity index (χ2n) is 4.87. The molecule has 0 radical (unpaired) electrons. The first-order chi connectivity index (χ1) is 11.1. The van der Waals surface area contributed by atoms with Gasteiger partial charge in [0.15, 0.2) is 11.1 Å². The van der Waals surface area contributed by atoms with Gasteiger partial charge in [0.1, 0.15) is 11.5 Å². The third-order valence-electron chi connectivity index (χ3n) is 3.06. The fourth-order valence-electron chi connectivity index (χ4n) is 1.92. The van der Waals surface area contributed by atoms with E-state index in [1.165, 1.54) is 11.3 Å². The highest BCUT2D eigenvalue weighted by molar-refractivity contribution is 7.14. The summed E-state index contributed by atoms with van der Waals surface area (Å²) in [7, 11) is 0. The Balaban J connectivity index is 1.63. The molecule has 1 aromatic carbocycles. The summed E-state index contributed by atoms with van der Waals surface area (Å²) in [6, 6.07) is 7.49. The van der Waals surface area contributed by atoms with Crippen molar-refractivity contribution in [3.63, 3.8) is 0 Å². The summed E-state index contributed by atoms with van der Waals surface area (Å²) in [4.78, 5) is 16.1. The van der Waals surface area contributed by atoms with Crippen molar-refractivity contribution in [3.8, 4) is 11.4 Å². The van der Waals surface area contributed by atoms with E-state index in [1.807, 2.05) is 36.6 Å². The first kappa shape index (κ1) is 15.5. The van der Waals surface area contributed by atoms with Crippen LogP contribution < -0.4 is 11.1 Å². The molecule has 0 amide bonds. The van der Waals surface area contributed by atoms with E-state index in [0.29, 0.717) is 22.7 Å². The molecule has 0 saturated carbocycles. The molecule has 0 aliphatic carbocycles. The molecule has 0 aliphatic heterocycles. The number of guanidine groups is 1. The van der Waals surface area contributed by atoms with E-state index >= 15 is 0 Å². The maximum absolute atomic E-state index is 5.89. The van der Waals surface area contributed by atoms with Gasteiger partial charge >= 0.3 is 0 Å². The molecule has 118 valence electrons. The Bertz CT molecular complexity index is 821. The number of rotatable bonds is 4. The molecule has 0 bridgehead atoms. The fraction of sp³-hybridized carbons (Fsp3) is 0.133. The minimum Gasteiger partial charge on any atom is -0.370 e. The van der Waals surface area contributed by atoms with E-state index < -0.39 is 0 Å². The number of H-pyrrole nitrogens is 1.